The summed E-state index contributed by atoms with van der Waals surface area (Å²) in [5, 5.41) is 2.68. The number of rotatable bonds is 8. The largest absolute Gasteiger partial charge is 0.495 e. The highest BCUT2D eigenvalue weighted by atomic mass is 32.2. The van der Waals surface area contributed by atoms with Crippen molar-refractivity contribution in [3.63, 3.8) is 0 Å². The summed E-state index contributed by atoms with van der Waals surface area (Å²) in [5.41, 5.74) is -0.0249. The Hall–Kier alpha value is -2.17. The zero-order chi connectivity index (χ0) is 18.6. The highest BCUT2D eigenvalue weighted by molar-refractivity contribution is 7.89. The van der Waals surface area contributed by atoms with Gasteiger partial charge >= 0.3 is 5.97 Å². The summed E-state index contributed by atoms with van der Waals surface area (Å²) in [6.45, 7) is -0.429. The first-order valence-corrected chi connectivity index (χ1v) is 8.91. The quantitative estimate of drug-likeness (QED) is 0.516. The predicted molar refractivity (Wildman–Crippen MR) is 86.4 cm³/mol. The summed E-state index contributed by atoms with van der Waals surface area (Å²) >= 11 is 0. The van der Waals surface area contributed by atoms with E-state index in [1.165, 1.54) is 33.4 Å². The van der Waals surface area contributed by atoms with Gasteiger partial charge in [-0.2, -0.15) is 0 Å². The number of benzene rings is 1. The van der Waals surface area contributed by atoms with Gasteiger partial charge in [0.15, 0.2) is 6.61 Å². The molecular weight excluding hydrogens is 352 g/mol. The zero-order valence-corrected chi connectivity index (χ0v) is 15.0. The number of sulfonamides is 1. The Kier molecular flexibility index (Phi) is 5.98. The number of carbonyl (C=O) groups excluding carboxylic acids is 2. The Balaban J connectivity index is 2.16. The maximum absolute atomic E-state index is 12.4. The molecule has 0 atom stereocenters. The molecule has 0 bridgehead atoms. The normalized spacial score (nSPS) is 14.2. The molecule has 2 rings (SSSR count). The third-order valence-corrected chi connectivity index (χ3v) is 5.25. The number of carbonyl (C=O) groups is 2. The molecule has 9 nitrogen and oxygen atoms in total. The molecule has 1 saturated carbocycles. The summed E-state index contributed by atoms with van der Waals surface area (Å²) in [5.74, 6) is -1.16. The van der Waals surface area contributed by atoms with Crippen molar-refractivity contribution < 1.29 is 32.3 Å². The van der Waals surface area contributed by atoms with E-state index in [9.17, 15) is 18.0 Å². The van der Waals surface area contributed by atoms with Gasteiger partial charge in [-0.25, -0.2) is 13.2 Å². The van der Waals surface area contributed by atoms with E-state index in [0.29, 0.717) is 4.47 Å². The highest BCUT2D eigenvalue weighted by Crippen LogP contribution is 2.27. The van der Waals surface area contributed by atoms with Gasteiger partial charge in [0.2, 0.25) is 0 Å². The Bertz CT molecular complexity index is 759. The fourth-order valence-electron chi connectivity index (χ4n) is 1.95. The second kappa shape index (κ2) is 7.81. The first kappa shape index (κ1) is 19.2. The van der Waals surface area contributed by atoms with Crippen LogP contribution in [-0.2, 0) is 24.4 Å². The fourth-order valence-corrected chi connectivity index (χ4v) is 3.11. The van der Waals surface area contributed by atoms with E-state index in [4.69, 9.17) is 14.3 Å². The summed E-state index contributed by atoms with van der Waals surface area (Å²) in [6, 6.07) is 3.96. The molecule has 1 amide bonds. The van der Waals surface area contributed by atoms with Crippen LogP contribution in [0, 0.1) is 0 Å². The number of hydrogen-bond acceptors (Lipinski definition) is 7. The van der Waals surface area contributed by atoms with Crippen molar-refractivity contribution in [2.45, 2.75) is 23.8 Å². The number of methoxy groups -OCH3 is 1. The molecule has 1 aliphatic carbocycles. The maximum atomic E-state index is 12.4. The van der Waals surface area contributed by atoms with Gasteiger partial charge in [0.05, 0.1) is 19.8 Å². The SMILES string of the molecule is COc1ccc(C(=O)OCC(=O)NC2CC2)cc1S(=O)(=O)N(C)OC. The number of hydrogen-bond donors (Lipinski definition) is 1. The van der Waals surface area contributed by atoms with Crippen molar-refractivity contribution in [1.82, 2.24) is 9.79 Å². The van der Waals surface area contributed by atoms with Crippen molar-refractivity contribution in [3.05, 3.63) is 23.8 Å². The van der Waals surface area contributed by atoms with E-state index >= 15 is 0 Å². The van der Waals surface area contributed by atoms with Gasteiger partial charge in [0, 0.05) is 13.1 Å². The molecule has 1 fully saturated rings. The Morgan fingerprint density at radius 2 is 1.96 bits per heavy atom. The van der Waals surface area contributed by atoms with Crippen molar-refractivity contribution in [2.75, 3.05) is 27.9 Å². The Morgan fingerprint density at radius 3 is 2.52 bits per heavy atom. The van der Waals surface area contributed by atoms with Gasteiger partial charge in [0.1, 0.15) is 10.6 Å². The predicted octanol–water partition coefficient (Wildman–Crippen LogP) is 0.312. The topological polar surface area (TPSA) is 111 Å². The first-order chi connectivity index (χ1) is 11.8. The summed E-state index contributed by atoms with van der Waals surface area (Å²) < 4.78 is 35.4. The molecule has 1 aliphatic rings. The molecule has 0 radical (unpaired) electrons. The van der Waals surface area contributed by atoms with Crippen LogP contribution < -0.4 is 10.1 Å². The van der Waals surface area contributed by atoms with E-state index in [2.05, 4.69) is 5.32 Å². The zero-order valence-electron chi connectivity index (χ0n) is 14.1. The average molecular weight is 372 g/mol. The van der Waals surface area contributed by atoms with Crippen LogP contribution in [0.4, 0.5) is 0 Å². The van der Waals surface area contributed by atoms with Crippen LogP contribution in [0.3, 0.4) is 0 Å². The van der Waals surface area contributed by atoms with E-state index < -0.39 is 28.5 Å². The van der Waals surface area contributed by atoms with Crippen LogP contribution in [0.25, 0.3) is 0 Å². The third-order valence-electron chi connectivity index (χ3n) is 3.55. The van der Waals surface area contributed by atoms with Crippen molar-refractivity contribution in [1.29, 1.82) is 0 Å². The number of nitrogens with one attached hydrogen (secondary N) is 1. The molecule has 0 aromatic heterocycles. The maximum Gasteiger partial charge on any atom is 0.338 e. The number of hydroxylamine groups is 1. The number of amides is 1. The molecule has 10 heteroatoms. The molecule has 25 heavy (non-hydrogen) atoms. The molecule has 0 heterocycles. The smallest absolute Gasteiger partial charge is 0.338 e. The molecule has 1 N–H and O–H groups in total. The lowest BCUT2D eigenvalue weighted by atomic mass is 10.2. The molecule has 1 aromatic carbocycles. The van der Waals surface area contributed by atoms with Crippen molar-refractivity contribution >= 4 is 21.9 Å². The molecule has 0 spiro atoms. The van der Waals surface area contributed by atoms with Gasteiger partial charge in [-0.15, -0.1) is 0 Å². The standard InChI is InChI=1S/C15H20N2O7S/c1-17(23-3)25(20,21)13-8-10(4-7-12(13)22-2)15(19)24-9-14(18)16-11-5-6-11/h4,7-8,11H,5-6,9H2,1-3H3,(H,16,18). The van der Waals surface area contributed by atoms with Crippen LogP contribution in [0.1, 0.15) is 23.2 Å². The number of esters is 1. The van der Waals surface area contributed by atoms with Crippen LogP contribution >= 0.6 is 0 Å². The fraction of sp³-hybridized carbons (Fsp3) is 0.467. The molecule has 0 saturated heterocycles. The van der Waals surface area contributed by atoms with Crippen molar-refractivity contribution in [2.24, 2.45) is 0 Å². The second-order valence-corrected chi connectivity index (χ2v) is 7.29. The molecule has 138 valence electrons. The Labute approximate surface area is 145 Å². The summed E-state index contributed by atoms with van der Waals surface area (Å²) in [4.78, 5) is 28.1. The number of ether oxygens (including phenoxy) is 2. The van der Waals surface area contributed by atoms with Crippen molar-refractivity contribution in [3.8, 4) is 5.75 Å². The average Bonchev–Trinajstić information content (AvgIpc) is 3.42. The lowest BCUT2D eigenvalue weighted by Gasteiger charge is -2.17. The second-order valence-electron chi connectivity index (χ2n) is 5.38. The lowest BCUT2D eigenvalue weighted by Crippen LogP contribution is -2.30. The van der Waals surface area contributed by atoms with Crippen LogP contribution in [0.5, 0.6) is 5.75 Å². The van der Waals surface area contributed by atoms with Crippen LogP contribution in [0.15, 0.2) is 23.1 Å². The minimum absolute atomic E-state index is 0.0249. The van der Waals surface area contributed by atoms with Gasteiger partial charge < -0.3 is 14.8 Å². The molecule has 0 aliphatic heterocycles. The highest BCUT2D eigenvalue weighted by Gasteiger charge is 2.27. The van der Waals surface area contributed by atoms with Gasteiger partial charge in [-0.3, -0.25) is 9.63 Å². The molecular formula is C15H20N2O7S. The van der Waals surface area contributed by atoms with E-state index in [-0.39, 0.29) is 22.3 Å². The molecule has 0 unspecified atom stereocenters. The van der Waals surface area contributed by atoms with Crippen LogP contribution in [0.2, 0.25) is 0 Å². The summed E-state index contributed by atoms with van der Waals surface area (Å²) in [6.07, 6.45) is 1.85. The van der Waals surface area contributed by atoms with Gasteiger partial charge in [-0.05, 0) is 31.0 Å². The van der Waals surface area contributed by atoms with E-state index in [0.717, 1.165) is 18.9 Å². The minimum Gasteiger partial charge on any atom is -0.495 e. The minimum atomic E-state index is -4.03. The molecule has 1 aromatic rings. The lowest BCUT2D eigenvalue weighted by molar-refractivity contribution is -0.124. The van der Waals surface area contributed by atoms with Crippen LogP contribution in [-0.4, -0.2) is 58.7 Å². The Morgan fingerprint density at radius 1 is 1.28 bits per heavy atom. The first-order valence-electron chi connectivity index (χ1n) is 7.47. The third kappa shape index (κ3) is 4.68. The van der Waals surface area contributed by atoms with E-state index in [1.54, 1.807) is 0 Å². The monoisotopic (exact) mass is 372 g/mol. The van der Waals surface area contributed by atoms with E-state index in [1.807, 2.05) is 0 Å². The van der Waals surface area contributed by atoms with Gasteiger partial charge in [0.25, 0.3) is 15.9 Å². The summed E-state index contributed by atoms with van der Waals surface area (Å²) in [7, 11) is -0.315. The van der Waals surface area contributed by atoms with Gasteiger partial charge in [-0.1, -0.05) is 4.47 Å². The number of nitrogens with zero attached hydrogens (tertiary/aromatic N) is 1.